The third-order valence-corrected chi connectivity index (χ3v) is 5.90. The van der Waals surface area contributed by atoms with Gasteiger partial charge in [0.1, 0.15) is 0 Å². The van der Waals surface area contributed by atoms with Crippen LogP contribution in [0, 0.1) is 6.92 Å². The van der Waals surface area contributed by atoms with Crippen molar-refractivity contribution in [2.24, 2.45) is 0 Å². The zero-order chi connectivity index (χ0) is 20.5. The molecular weight excluding hydrogens is 380 g/mol. The van der Waals surface area contributed by atoms with Gasteiger partial charge in [-0.2, -0.15) is 5.10 Å². The van der Waals surface area contributed by atoms with Crippen molar-refractivity contribution in [3.63, 3.8) is 0 Å². The highest BCUT2D eigenvalue weighted by molar-refractivity contribution is 5.80. The molecule has 5 rings (SSSR count). The molecule has 1 aromatic heterocycles. The summed E-state index contributed by atoms with van der Waals surface area (Å²) in [7, 11) is 0. The van der Waals surface area contributed by atoms with E-state index in [0.29, 0.717) is 19.8 Å². The van der Waals surface area contributed by atoms with Crippen molar-refractivity contribution in [2.45, 2.75) is 26.4 Å². The number of amides is 1. The third kappa shape index (κ3) is 3.85. The minimum atomic E-state index is 0.202. The highest BCUT2D eigenvalue weighted by Crippen LogP contribution is 2.32. The van der Waals surface area contributed by atoms with Crippen LogP contribution < -0.4 is 9.47 Å². The summed E-state index contributed by atoms with van der Waals surface area (Å²) >= 11 is 0. The molecule has 0 bridgehead atoms. The van der Waals surface area contributed by atoms with Crippen LogP contribution in [0.4, 0.5) is 0 Å². The number of hydrogen-bond donors (Lipinski definition) is 0. The largest absolute Gasteiger partial charge is 0.454 e. The summed E-state index contributed by atoms with van der Waals surface area (Å²) in [4.78, 5) is 17.1. The molecule has 3 aromatic rings. The molecule has 2 aliphatic heterocycles. The number of benzene rings is 2. The van der Waals surface area contributed by atoms with E-state index in [1.807, 2.05) is 21.8 Å². The van der Waals surface area contributed by atoms with Gasteiger partial charge in [0.15, 0.2) is 11.5 Å². The number of nitrogens with zero attached hydrogens (tertiary/aromatic N) is 4. The molecule has 2 aliphatic rings. The van der Waals surface area contributed by atoms with E-state index in [1.165, 1.54) is 11.1 Å². The summed E-state index contributed by atoms with van der Waals surface area (Å²) in [6, 6.07) is 12.4. The maximum atomic E-state index is 12.7. The van der Waals surface area contributed by atoms with Crippen LogP contribution in [-0.4, -0.2) is 58.5 Å². The zero-order valence-electron chi connectivity index (χ0n) is 17.2. The molecule has 156 valence electrons. The van der Waals surface area contributed by atoms with Crippen molar-refractivity contribution >= 4 is 16.8 Å². The summed E-state index contributed by atoms with van der Waals surface area (Å²) < 4.78 is 12.8. The molecule has 7 heteroatoms. The fourth-order valence-corrected chi connectivity index (χ4v) is 4.20. The van der Waals surface area contributed by atoms with Crippen molar-refractivity contribution in [2.75, 3.05) is 33.0 Å². The van der Waals surface area contributed by atoms with Gasteiger partial charge >= 0.3 is 0 Å². The number of piperazine rings is 1. The Kier molecular flexibility index (Phi) is 5.04. The summed E-state index contributed by atoms with van der Waals surface area (Å²) in [5, 5.41) is 5.58. The first-order valence-electron chi connectivity index (χ1n) is 10.5. The Morgan fingerprint density at radius 2 is 1.87 bits per heavy atom. The van der Waals surface area contributed by atoms with E-state index in [2.05, 4.69) is 47.3 Å². The molecule has 3 heterocycles. The smallest absolute Gasteiger partial charge is 0.231 e. The fraction of sp³-hybridized carbons (Fsp3) is 0.391. The second kappa shape index (κ2) is 7.99. The summed E-state index contributed by atoms with van der Waals surface area (Å²) in [5.41, 5.74) is 3.51. The molecule has 1 saturated heterocycles. The van der Waals surface area contributed by atoms with E-state index in [0.717, 1.165) is 55.1 Å². The Bertz CT molecular complexity index is 1070. The normalized spacial score (nSPS) is 16.4. The number of aromatic nitrogens is 2. The highest BCUT2D eigenvalue weighted by atomic mass is 16.7. The molecule has 0 atom stereocenters. The second-order valence-corrected chi connectivity index (χ2v) is 8.02. The molecule has 30 heavy (non-hydrogen) atoms. The lowest BCUT2D eigenvalue weighted by Gasteiger charge is -2.34. The molecule has 0 aliphatic carbocycles. The first kappa shape index (κ1) is 18.9. The molecule has 0 radical (unpaired) electrons. The summed E-state index contributed by atoms with van der Waals surface area (Å²) in [6.45, 7) is 7.14. The topological polar surface area (TPSA) is 59.8 Å². The van der Waals surface area contributed by atoms with Crippen LogP contribution in [0.15, 0.2) is 42.6 Å². The van der Waals surface area contributed by atoms with Gasteiger partial charge in [0.2, 0.25) is 12.7 Å². The third-order valence-electron chi connectivity index (χ3n) is 5.90. The molecule has 1 amide bonds. The summed E-state index contributed by atoms with van der Waals surface area (Å²) in [5.74, 6) is 1.84. The van der Waals surface area contributed by atoms with Gasteiger partial charge in [0, 0.05) is 44.5 Å². The lowest BCUT2D eigenvalue weighted by atomic mass is 10.1. The maximum absolute atomic E-state index is 12.7. The van der Waals surface area contributed by atoms with Crippen molar-refractivity contribution in [1.82, 2.24) is 19.6 Å². The molecule has 7 nitrogen and oxygen atoms in total. The Morgan fingerprint density at radius 3 is 2.73 bits per heavy atom. The van der Waals surface area contributed by atoms with Gasteiger partial charge in [-0.15, -0.1) is 0 Å². The highest BCUT2D eigenvalue weighted by Gasteiger charge is 2.22. The average Bonchev–Trinajstić information content (AvgIpc) is 3.38. The molecule has 1 fully saturated rings. The lowest BCUT2D eigenvalue weighted by molar-refractivity contribution is -0.133. The van der Waals surface area contributed by atoms with Gasteiger partial charge in [-0.3, -0.25) is 14.4 Å². The Balaban J connectivity index is 1.12. The predicted molar refractivity (Wildman–Crippen MR) is 114 cm³/mol. The average molecular weight is 406 g/mol. The zero-order valence-corrected chi connectivity index (χ0v) is 17.2. The van der Waals surface area contributed by atoms with Crippen LogP contribution in [0.2, 0.25) is 0 Å². The van der Waals surface area contributed by atoms with Crippen molar-refractivity contribution in [3.05, 3.63) is 53.7 Å². The number of carbonyl (C=O) groups excluding carboxylic acids is 1. The SMILES string of the molecule is Cc1ccc2c(cnn2CCC(=O)N2CCN(Cc3ccc4c(c3)OCO4)CC2)c1. The van der Waals surface area contributed by atoms with E-state index in [1.54, 1.807) is 0 Å². The van der Waals surface area contributed by atoms with Crippen LogP contribution in [0.25, 0.3) is 10.9 Å². The molecule has 0 spiro atoms. The van der Waals surface area contributed by atoms with E-state index in [4.69, 9.17) is 9.47 Å². The Morgan fingerprint density at radius 1 is 1.03 bits per heavy atom. The summed E-state index contributed by atoms with van der Waals surface area (Å²) in [6.07, 6.45) is 2.36. The van der Waals surface area contributed by atoms with Crippen molar-refractivity contribution in [3.8, 4) is 11.5 Å². The molecule has 0 unspecified atom stereocenters. The van der Waals surface area contributed by atoms with Gasteiger partial charge < -0.3 is 14.4 Å². The number of carbonyl (C=O) groups is 1. The fourth-order valence-electron chi connectivity index (χ4n) is 4.20. The number of rotatable bonds is 5. The monoisotopic (exact) mass is 406 g/mol. The van der Waals surface area contributed by atoms with Gasteiger partial charge in [-0.05, 0) is 36.8 Å². The van der Waals surface area contributed by atoms with Crippen molar-refractivity contribution in [1.29, 1.82) is 0 Å². The van der Waals surface area contributed by atoms with Crippen LogP contribution in [0.5, 0.6) is 11.5 Å². The van der Waals surface area contributed by atoms with Crippen LogP contribution >= 0.6 is 0 Å². The predicted octanol–water partition coefficient (Wildman–Crippen LogP) is 2.81. The van der Waals surface area contributed by atoms with Crippen LogP contribution in [0.1, 0.15) is 17.5 Å². The standard InChI is InChI=1S/C23H26N4O3/c1-17-2-4-20-19(12-17)14-24-27(20)7-6-23(28)26-10-8-25(9-11-26)15-18-3-5-21-22(13-18)30-16-29-21/h2-5,12-14H,6-11,15-16H2,1H3. The van der Waals surface area contributed by atoms with Gasteiger partial charge in [0.05, 0.1) is 18.3 Å². The number of fused-ring (bicyclic) bond motifs is 2. The Hall–Kier alpha value is -3.06. The lowest BCUT2D eigenvalue weighted by Crippen LogP contribution is -2.48. The van der Waals surface area contributed by atoms with Gasteiger partial charge in [0.25, 0.3) is 0 Å². The Labute approximate surface area is 175 Å². The molecular formula is C23H26N4O3. The minimum absolute atomic E-state index is 0.202. The second-order valence-electron chi connectivity index (χ2n) is 8.02. The minimum Gasteiger partial charge on any atom is -0.454 e. The molecule has 2 aromatic carbocycles. The van der Waals surface area contributed by atoms with Crippen LogP contribution in [0.3, 0.4) is 0 Å². The van der Waals surface area contributed by atoms with Gasteiger partial charge in [-0.1, -0.05) is 17.7 Å². The number of hydrogen-bond acceptors (Lipinski definition) is 5. The van der Waals surface area contributed by atoms with Crippen molar-refractivity contribution < 1.29 is 14.3 Å². The number of ether oxygens (including phenoxy) is 2. The molecule has 0 saturated carbocycles. The molecule has 0 N–H and O–H groups in total. The van der Waals surface area contributed by atoms with Crippen LogP contribution in [-0.2, 0) is 17.9 Å². The number of aryl methyl sites for hydroxylation is 2. The van der Waals surface area contributed by atoms with Gasteiger partial charge in [-0.25, -0.2) is 0 Å². The first-order valence-corrected chi connectivity index (χ1v) is 10.5. The maximum Gasteiger partial charge on any atom is 0.231 e. The van der Waals surface area contributed by atoms with E-state index >= 15 is 0 Å². The quantitative estimate of drug-likeness (QED) is 0.652. The van der Waals surface area contributed by atoms with E-state index in [-0.39, 0.29) is 5.91 Å². The van der Waals surface area contributed by atoms with E-state index in [9.17, 15) is 4.79 Å². The first-order chi connectivity index (χ1) is 14.7. The van der Waals surface area contributed by atoms with E-state index < -0.39 is 0 Å².